The van der Waals surface area contributed by atoms with Gasteiger partial charge in [0.2, 0.25) is 0 Å². The molecule has 1 aliphatic rings. The fourth-order valence-corrected chi connectivity index (χ4v) is 1.72. The molecule has 1 aromatic rings. The van der Waals surface area contributed by atoms with Crippen molar-refractivity contribution in [1.29, 1.82) is 0 Å². The molecule has 0 bridgehead atoms. The molecule has 4 nitrogen and oxygen atoms in total. The molecule has 15 heavy (non-hydrogen) atoms. The van der Waals surface area contributed by atoms with Crippen LogP contribution in [0.2, 0.25) is 0 Å². The second kappa shape index (κ2) is 5.09. The van der Waals surface area contributed by atoms with Crippen LogP contribution in [0.15, 0.2) is 12.1 Å². The van der Waals surface area contributed by atoms with Gasteiger partial charge in [-0.15, -0.1) is 0 Å². The average Bonchev–Trinajstić information content (AvgIpc) is 2.29. The van der Waals surface area contributed by atoms with Gasteiger partial charge in [-0.25, -0.2) is 4.98 Å². The fourth-order valence-electron chi connectivity index (χ4n) is 1.72. The first kappa shape index (κ1) is 10.4. The van der Waals surface area contributed by atoms with Gasteiger partial charge in [-0.2, -0.15) is 0 Å². The number of ether oxygens (including phenoxy) is 1. The second-order valence-electron chi connectivity index (χ2n) is 3.65. The van der Waals surface area contributed by atoms with E-state index in [0.717, 1.165) is 31.9 Å². The van der Waals surface area contributed by atoms with Crippen LogP contribution in [-0.4, -0.2) is 31.8 Å². The molecule has 0 spiro atoms. The topological polar surface area (TPSA) is 46.2 Å². The zero-order valence-electron chi connectivity index (χ0n) is 9.05. The van der Waals surface area contributed by atoms with E-state index < -0.39 is 0 Å². The molecule has 2 heterocycles. The van der Waals surface area contributed by atoms with Crippen LogP contribution in [0, 0.1) is 0 Å². The van der Waals surface area contributed by atoms with Crippen molar-refractivity contribution in [2.45, 2.75) is 13.0 Å². The Balaban J connectivity index is 2.00. The predicted octanol–water partition coefficient (Wildman–Crippen LogP) is 0.786. The minimum absolute atomic E-state index is 0.709. The maximum absolute atomic E-state index is 4.98. The number of pyridine rings is 1. The Morgan fingerprint density at radius 1 is 1.53 bits per heavy atom. The summed E-state index contributed by atoms with van der Waals surface area (Å²) in [5, 5.41) is 6.57. The first-order valence-electron chi connectivity index (χ1n) is 5.32. The average molecular weight is 207 g/mol. The molecule has 0 unspecified atom stereocenters. The minimum atomic E-state index is 0.709. The van der Waals surface area contributed by atoms with Gasteiger partial charge in [-0.1, -0.05) is 6.07 Å². The summed E-state index contributed by atoms with van der Waals surface area (Å²) in [5.41, 5.74) is 2.54. The molecular formula is C11H17N3O. The van der Waals surface area contributed by atoms with Crippen molar-refractivity contribution in [2.75, 3.05) is 32.1 Å². The normalized spacial score (nSPS) is 14.7. The Hall–Kier alpha value is -1.13. The van der Waals surface area contributed by atoms with Gasteiger partial charge in [0.05, 0.1) is 6.61 Å². The highest BCUT2D eigenvalue weighted by Gasteiger charge is 2.09. The monoisotopic (exact) mass is 207 g/mol. The Morgan fingerprint density at radius 3 is 3.33 bits per heavy atom. The quantitative estimate of drug-likeness (QED) is 0.716. The van der Waals surface area contributed by atoms with Crippen molar-refractivity contribution < 1.29 is 4.74 Å². The number of hydrogen-bond acceptors (Lipinski definition) is 4. The van der Waals surface area contributed by atoms with E-state index in [2.05, 4.69) is 21.7 Å². The largest absolute Gasteiger partial charge is 0.383 e. The van der Waals surface area contributed by atoms with Gasteiger partial charge >= 0.3 is 0 Å². The summed E-state index contributed by atoms with van der Waals surface area (Å²) in [7, 11) is 1.70. The molecule has 1 aliphatic heterocycles. The Labute approximate surface area is 90.0 Å². The second-order valence-corrected chi connectivity index (χ2v) is 3.65. The molecular weight excluding hydrogens is 190 g/mol. The van der Waals surface area contributed by atoms with Gasteiger partial charge < -0.3 is 15.4 Å². The van der Waals surface area contributed by atoms with Crippen molar-refractivity contribution in [1.82, 2.24) is 10.3 Å². The third-order valence-corrected chi connectivity index (χ3v) is 2.53. The zero-order valence-corrected chi connectivity index (χ0v) is 9.05. The van der Waals surface area contributed by atoms with Crippen LogP contribution in [0.3, 0.4) is 0 Å². The lowest BCUT2D eigenvalue weighted by Gasteiger charge is -2.17. The highest BCUT2D eigenvalue weighted by Crippen LogP contribution is 2.14. The SMILES string of the molecule is COCCNc1ccc2c(n1)CCNC2. The minimum Gasteiger partial charge on any atom is -0.383 e. The summed E-state index contributed by atoms with van der Waals surface area (Å²) in [6, 6.07) is 4.17. The van der Waals surface area contributed by atoms with E-state index in [9.17, 15) is 0 Å². The van der Waals surface area contributed by atoms with Crippen LogP contribution in [-0.2, 0) is 17.7 Å². The van der Waals surface area contributed by atoms with Crippen LogP contribution >= 0.6 is 0 Å². The Bertz CT molecular complexity index is 328. The van der Waals surface area contributed by atoms with Gasteiger partial charge in [0.25, 0.3) is 0 Å². The maximum atomic E-state index is 4.98. The van der Waals surface area contributed by atoms with Crippen LogP contribution < -0.4 is 10.6 Å². The molecule has 0 amide bonds. The van der Waals surface area contributed by atoms with Crippen LogP contribution in [0.5, 0.6) is 0 Å². The summed E-state index contributed by atoms with van der Waals surface area (Å²) < 4.78 is 4.98. The number of aromatic nitrogens is 1. The van der Waals surface area contributed by atoms with E-state index in [0.29, 0.717) is 6.61 Å². The lowest BCUT2D eigenvalue weighted by atomic mass is 10.1. The molecule has 0 aromatic carbocycles. The van der Waals surface area contributed by atoms with E-state index >= 15 is 0 Å². The van der Waals surface area contributed by atoms with Crippen LogP contribution in [0.4, 0.5) is 5.82 Å². The van der Waals surface area contributed by atoms with Gasteiger partial charge in [0.1, 0.15) is 5.82 Å². The predicted molar refractivity (Wildman–Crippen MR) is 60.0 cm³/mol. The summed E-state index contributed by atoms with van der Waals surface area (Å²) in [4.78, 5) is 4.58. The van der Waals surface area contributed by atoms with E-state index in [1.807, 2.05) is 6.07 Å². The molecule has 82 valence electrons. The first-order chi connectivity index (χ1) is 7.40. The third kappa shape index (κ3) is 2.67. The number of rotatable bonds is 4. The number of nitrogens with one attached hydrogen (secondary N) is 2. The molecule has 2 rings (SSSR count). The molecule has 0 fully saturated rings. The molecule has 0 saturated heterocycles. The Kier molecular flexibility index (Phi) is 3.53. The molecule has 4 heteroatoms. The fraction of sp³-hybridized carbons (Fsp3) is 0.545. The molecule has 2 N–H and O–H groups in total. The zero-order chi connectivity index (χ0) is 10.5. The highest BCUT2D eigenvalue weighted by atomic mass is 16.5. The van der Waals surface area contributed by atoms with E-state index in [-0.39, 0.29) is 0 Å². The van der Waals surface area contributed by atoms with Crippen molar-refractivity contribution in [3.05, 3.63) is 23.4 Å². The Morgan fingerprint density at radius 2 is 2.47 bits per heavy atom. The third-order valence-electron chi connectivity index (χ3n) is 2.53. The highest BCUT2D eigenvalue weighted by molar-refractivity contribution is 5.39. The molecule has 0 saturated carbocycles. The molecule has 1 aromatic heterocycles. The first-order valence-corrected chi connectivity index (χ1v) is 5.32. The standard InChI is InChI=1S/C11H17N3O/c1-15-7-6-13-11-3-2-9-8-12-5-4-10(9)14-11/h2-3,12H,4-8H2,1H3,(H,13,14). The van der Waals surface area contributed by atoms with Crippen LogP contribution in [0.25, 0.3) is 0 Å². The number of nitrogens with zero attached hydrogens (tertiary/aromatic N) is 1. The van der Waals surface area contributed by atoms with E-state index in [1.165, 1.54) is 11.3 Å². The lowest BCUT2D eigenvalue weighted by Crippen LogP contribution is -2.24. The van der Waals surface area contributed by atoms with Gasteiger partial charge in [-0.3, -0.25) is 0 Å². The summed E-state index contributed by atoms with van der Waals surface area (Å²) in [5.74, 6) is 0.952. The molecule has 0 atom stereocenters. The summed E-state index contributed by atoms with van der Waals surface area (Å²) >= 11 is 0. The number of methoxy groups -OCH3 is 1. The number of fused-ring (bicyclic) bond motifs is 1. The van der Waals surface area contributed by atoms with E-state index in [4.69, 9.17) is 4.74 Å². The van der Waals surface area contributed by atoms with Crippen molar-refractivity contribution in [2.24, 2.45) is 0 Å². The summed E-state index contributed by atoms with van der Waals surface area (Å²) in [6.45, 7) is 3.49. The van der Waals surface area contributed by atoms with Gasteiger partial charge in [0.15, 0.2) is 0 Å². The maximum Gasteiger partial charge on any atom is 0.126 e. The molecule has 0 radical (unpaired) electrons. The van der Waals surface area contributed by atoms with Crippen molar-refractivity contribution in [3.8, 4) is 0 Å². The molecule has 0 aliphatic carbocycles. The van der Waals surface area contributed by atoms with Crippen molar-refractivity contribution >= 4 is 5.82 Å². The number of hydrogen-bond donors (Lipinski definition) is 2. The lowest BCUT2D eigenvalue weighted by molar-refractivity contribution is 0.210. The number of anilines is 1. The van der Waals surface area contributed by atoms with Gasteiger partial charge in [-0.05, 0) is 11.6 Å². The van der Waals surface area contributed by atoms with Crippen LogP contribution in [0.1, 0.15) is 11.3 Å². The van der Waals surface area contributed by atoms with E-state index in [1.54, 1.807) is 7.11 Å². The van der Waals surface area contributed by atoms with Crippen molar-refractivity contribution in [3.63, 3.8) is 0 Å². The van der Waals surface area contributed by atoms with Gasteiger partial charge in [0, 0.05) is 38.9 Å². The smallest absolute Gasteiger partial charge is 0.126 e. The summed E-state index contributed by atoms with van der Waals surface area (Å²) in [6.07, 6.45) is 1.02.